The molecular formula is C24H30O3. The fourth-order valence-corrected chi connectivity index (χ4v) is 3.52. The molecule has 3 nitrogen and oxygen atoms in total. The van der Waals surface area contributed by atoms with E-state index in [1.54, 1.807) is 0 Å². The molecule has 3 rings (SSSR count). The largest absolute Gasteiger partial charge is 0.377 e. The molecule has 1 aliphatic heterocycles. The number of ether oxygens (including phenoxy) is 3. The van der Waals surface area contributed by atoms with Gasteiger partial charge in [0.25, 0.3) is 0 Å². The molecule has 2 aromatic rings. The molecule has 1 fully saturated rings. The number of benzene rings is 2. The molecule has 0 saturated carbocycles. The minimum Gasteiger partial charge on any atom is -0.377 e. The van der Waals surface area contributed by atoms with Gasteiger partial charge in [-0.25, -0.2) is 0 Å². The van der Waals surface area contributed by atoms with Gasteiger partial charge in [-0.05, 0) is 30.4 Å². The van der Waals surface area contributed by atoms with E-state index in [1.807, 2.05) is 42.5 Å². The Morgan fingerprint density at radius 1 is 0.852 bits per heavy atom. The first-order chi connectivity index (χ1) is 13.3. The summed E-state index contributed by atoms with van der Waals surface area (Å²) in [5.74, 6) is 0.407. The van der Waals surface area contributed by atoms with Crippen LogP contribution < -0.4 is 0 Å². The van der Waals surface area contributed by atoms with Gasteiger partial charge in [0, 0.05) is 19.1 Å². The van der Waals surface area contributed by atoms with E-state index in [4.69, 9.17) is 14.2 Å². The molecule has 1 saturated heterocycles. The van der Waals surface area contributed by atoms with Gasteiger partial charge in [-0.2, -0.15) is 0 Å². The van der Waals surface area contributed by atoms with Crippen LogP contribution in [0, 0.1) is 5.92 Å². The van der Waals surface area contributed by atoms with Gasteiger partial charge >= 0.3 is 0 Å². The SMILES string of the molecule is C=C[C@H]1C[C@@H](CCOCc2ccccc2)O[C@H]1CCOCc1ccccc1. The molecule has 0 unspecified atom stereocenters. The normalized spacial score (nSPS) is 22.0. The molecule has 0 spiro atoms. The van der Waals surface area contributed by atoms with Crippen molar-refractivity contribution >= 4 is 0 Å². The van der Waals surface area contributed by atoms with E-state index < -0.39 is 0 Å². The van der Waals surface area contributed by atoms with E-state index in [-0.39, 0.29) is 12.2 Å². The van der Waals surface area contributed by atoms with E-state index in [1.165, 1.54) is 11.1 Å². The zero-order valence-electron chi connectivity index (χ0n) is 16.0. The number of hydrogen-bond donors (Lipinski definition) is 0. The van der Waals surface area contributed by atoms with Crippen molar-refractivity contribution in [2.75, 3.05) is 13.2 Å². The quantitative estimate of drug-likeness (QED) is 0.406. The Balaban J connectivity index is 1.32. The van der Waals surface area contributed by atoms with E-state index in [0.29, 0.717) is 25.7 Å². The summed E-state index contributed by atoms with van der Waals surface area (Å²) in [6.45, 7) is 6.74. The second-order valence-corrected chi connectivity index (χ2v) is 7.09. The highest BCUT2D eigenvalue weighted by atomic mass is 16.5. The Hall–Kier alpha value is -1.94. The molecule has 0 aromatic heterocycles. The van der Waals surface area contributed by atoms with Crippen molar-refractivity contribution in [2.24, 2.45) is 5.92 Å². The molecule has 0 radical (unpaired) electrons. The molecule has 0 amide bonds. The summed E-state index contributed by atoms with van der Waals surface area (Å²) in [7, 11) is 0. The molecule has 3 atom stereocenters. The van der Waals surface area contributed by atoms with E-state index in [0.717, 1.165) is 25.9 Å². The summed E-state index contributed by atoms with van der Waals surface area (Å²) in [4.78, 5) is 0. The summed E-state index contributed by atoms with van der Waals surface area (Å²) in [6.07, 6.45) is 5.36. The third kappa shape index (κ3) is 6.62. The Bertz CT molecular complexity index is 656. The molecule has 144 valence electrons. The van der Waals surface area contributed by atoms with Gasteiger partial charge in [-0.15, -0.1) is 6.58 Å². The first-order valence-corrected chi connectivity index (χ1v) is 9.86. The maximum absolute atomic E-state index is 6.24. The van der Waals surface area contributed by atoms with Crippen LogP contribution in [0.2, 0.25) is 0 Å². The Morgan fingerprint density at radius 3 is 1.96 bits per heavy atom. The molecule has 0 bridgehead atoms. The van der Waals surface area contributed by atoms with Crippen LogP contribution in [0.4, 0.5) is 0 Å². The molecule has 1 aliphatic rings. The maximum atomic E-state index is 6.24. The Kier molecular flexibility index (Phi) is 8.09. The standard InChI is InChI=1S/C24H30O3/c1-2-22-17-23(13-15-25-18-20-9-5-3-6-10-20)27-24(22)14-16-26-19-21-11-7-4-8-12-21/h2-12,22-24H,1,13-19H2/t22-,23+,24-/m0/s1. The van der Waals surface area contributed by atoms with Crippen LogP contribution in [0.5, 0.6) is 0 Å². The molecule has 0 N–H and O–H groups in total. The lowest BCUT2D eigenvalue weighted by Gasteiger charge is -2.16. The summed E-state index contributed by atoms with van der Waals surface area (Å²) in [5.41, 5.74) is 2.42. The predicted molar refractivity (Wildman–Crippen MR) is 108 cm³/mol. The van der Waals surface area contributed by atoms with Crippen LogP contribution in [0.15, 0.2) is 73.3 Å². The highest BCUT2D eigenvalue weighted by Crippen LogP contribution is 2.31. The fraction of sp³-hybridized carbons (Fsp3) is 0.417. The van der Waals surface area contributed by atoms with Crippen LogP contribution in [0.3, 0.4) is 0 Å². The minimum absolute atomic E-state index is 0.206. The smallest absolute Gasteiger partial charge is 0.0716 e. The second-order valence-electron chi connectivity index (χ2n) is 7.09. The van der Waals surface area contributed by atoms with Gasteiger partial charge in [0.1, 0.15) is 0 Å². The highest BCUT2D eigenvalue weighted by molar-refractivity contribution is 5.14. The minimum atomic E-state index is 0.206. The maximum Gasteiger partial charge on any atom is 0.0716 e. The van der Waals surface area contributed by atoms with Crippen molar-refractivity contribution < 1.29 is 14.2 Å². The van der Waals surface area contributed by atoms with E-state index >= 15 is 0 Å². The van der Waals surface area contributed by atoms with Crippen molar-refractivity contribution in [3.05, 3.63) is 84.4 Å². The van der Waals surface area contributed by atoms with Crippen LogP contribution in [0.1, 0.15) is 30.4 Å². The lowest BCUT2D eigenvalue weighted by molar-refractivity contribution is -0.00593. The second kappa shape index (κ2) is 11.0. The summed E-state index contributed by atoms with van der Waals surface area (Å²) >= 11 is 0. The van der Waals surface area contributed by atoms with Crippen LogP contribution in [0.25, 0.3) is 0 Å². The molecule has 2 aromatic carbocycles. The lowest BCUT2D eigenvalue weighted by Crippen LogP contribution is -2.18. The molecular weight excluding hydrogens is 336 g/mol. The third-order valence-corrected chi connectivity index (χ3v) is 5.04. The molecule has 3 heteroatoms. The highest BCUT2D eigenvalue weighted by Gasteiger charge is 2.32. The topological polar surface area (TPSA) is 27.7 Å². The molecule has 0 aliphatic carbocycles. The van der Waals surface area contributed by atoms with Crippen LogP contribution >= 0.6 is 0 Å². The van der Waals surface area contributed by atoms with Gasteiger partial charge in [-0.3, -0.25) is 0 Å². The summed E-state index contributed by atoms with van der Waals surface area (Å²) in [5, 5.41) is 0. The van der Waals surface area contributed by atoms with Crippen molar-refractivity contribution in [1.82, 2.24) is 0 Å². The molecule has 27 heavy (non-hydrogen) atoms. The van der Waals surface area contributed by atoms with Gasteiger partial charge in [0.2, 0.25) is 0 Å². The third-order valence-electron chi connectivity index (χ3n) is 5.04. The number of rotatable bonds is 11. The Labute approximate surface area is 163 Å². The monoisotopic (exact) mass is 366 g/mol. The molecule has 1 heterocycles. The van der Waals surface area contributed by atoms with Crippen molar-refractivity contribution in [3.8, 4) is 0 Å². The van der Waals surface area contributed by atoms with Gasteiger partial charge in [0.15, 0.2) is 0 Å². The van der Waals surface area contributed by atoms with Crippen molar-refractivity contribution in [2.45, 2.75) is 44.7 Å². The predicted octanol–water partition coefficient (Wildman–Crippen LogP) is 5.16. The zero-order valence-corrected chi connectivity index (χ0v) is 16.0. The van der Waals surface area contributed by atoms with Gasteiger partial charge in [-0.1, -0.05) is 66.7 Å². The van der Waals surface area contributed by atoms with E-state index in [9.17, 15) is 0 Å². The summed E-state index contributed by atoms with van der Waals surface area (Å²) < 4.78 is 17.9. The van der Waals surface area contributed by atoms with Crippen molar-refractivity contribution in [3.63, 3.8) is 0 Å². The lowest BCUT2D eigenvalue weighted by atomic mass is 9.97. The number of hydrogen-bond acceptors (Lipinski definition) is 3. The average Bonchev–Trinajstić information content (AvgIpc) is 3.12. The zero-order chi connectivity index (χ0) is 18.7. The first-order valence-electron chi connectivity index (χ1n) is 9.86. The fourth-order valence-electron chi connectivity index (χ4n) is 3.52. The van der Waals surface area contributed by atoms with Gasteiger partial charge < -0.3 is 14.2 Å². The van der Waals surface area contributed by atoms with Crippen LogP contribution in [-0.4, -0.2) is 25.4 Å². The van der Waals surface area contributed by atoms with Gasteiger partial charge in [0.05, 0.1) is 25.4 Å². The summed E-state index contributed by atoms with van der Waals surface area (Å²) in [6, 6.07) is 20.6. The van der Waals surface area contributed by atoms with E-state index in [2.05, 4.69) is 30.8 Å². The van der Waals surface area contributed by atoms with Crippen LogP contribution in [-0.2, 0) is 27.4 Å². The first kappa shape index (κ1) is 19.8. The average molecular weight is 367 g/mol. The Morgan fingerprint density at radius 2 is 1.41 bits per heavy atom. The van der Waals surface area contributed by atoms with Crippen molar-refractivity contribution in [1.29, 1.82) is 0 Å².